The van der Waals surface area contributed by atoms with E-state index in [-0.39, 0.29) is 5.82 Å². The van der Waals surface area contributed by atoms with Crippen molar-refractivity contribution >= 4 is 22.7 Å². The molecule has 0 radical (unpaired) electrons. The van der Waals surface area contributed by atoms with Crippen LogP contribution in [0.2, 0.25) is 0 Å². The Labute approximate surface area is 186 Å². The van der Waals surface area contributed by atoms with Crippen LogP contribution in [0.4, 0.5) is 15.9 Å². The Bertz CT molecular complexity index is 1240. The van der Waals surface area contributed by atoms with Crippen LogP contribution in [-0.4, -0.2) is 45.7 Å². The smallest absolute Gasteiger partial charge is 0.183 e. The predicted octanol–water partition coefficient (Wildman–Crippen LogP) is 3.50. The minimum Gasteiger partial charge on any atom is -0.369 e. The number of piperazine rings is 1. The minimum absolute atomic E-state index is 0.225. The quantitative estimate of drug-likeness (QED) is 0.504. The first-order chi connectivity index (χ1) is 15.6. The van der Waals surface area contributed by atoms with Gasteiger partial charge in [0.15, 0.2) is 17.3 Å². The summed E-state index contributed by atoms with van der Waals surface area (Å²) in [6.45, 7) is 6.20. The highest BCUT2D eigenvalue weighted by atomic mass is 19.1. The van der Waals surface area contributed by atoms with E-state index in [0.717, 1.165) is 42.8 Å². The van der Waals surface area contributed by atoms with Gasteiger partial charge in [-0.15, -0.1) is 0 Å². The Balaban J connectivity index is 1.45. The van der Waals surface area contributed by atoms with Crippen LogP contribution >= 0.6 is 0 Å². The van der Waals surface area contributed by atoms with Gasteiger partial charge in [0.2, 0.25) is 0 Å². The Kier molecular flexibility index (Phi) is 5.45. The third kappa shape index (κ3) is 4.01. The van der Waals surface area contributed by atoms with Crippen LogP contribution < -0.4 is 15.5 Å². The summed E-state index contributed by atoms with van der Waals surface area (Å²) in [5.41, 5.74) is 5.00. The fraction of sp³-hybridized carbons (Fsp3) is 0.292. The number of nitrogens with zero attached hydrogens (tertiary/aromatic N) is 5. The lowest BCUT2D eigenvalue weighted by Crippen LogP contribution is -2.43. The van der Waals surface area contributed by atoms with Gasteiger partial charge in [-0.25, -0.2) is 19.3 Å². The molecule has 0 unspecified atom stereocenters. The lowest BCUT2D eigenvalue weighted by atomic mass is 10.1. The Morgan fingerprint density at radius 2 is 1.84 bits per heavy atom. The van der Waals surface area contributed by atoms with Crippen molar-refractivity contribution in [1.82, 2.24) is 24.8 Å². The SMILES string of the molecule is Cc1ccc(CNc2nc(-c3ccc(N4CCNCC4)cc3)nc3ncn(C)c23)c(F)c1. The molecule has 0 amide bonds. The summed E-state index contributed by atoms with van der Waals surface area (Å²) in [7, 11) is 1.90. The number of hydrogen-bond acceptors (Lipinski definition) is 6. The molecule has 8 heteroatoms. The number of fused-ring (bicyclic) bond motifs is 1. The molecule has 2 aromatic heterocycles. The number of halogens is 1. The summed E-state index contributed by atoms with van der Waals surface area (Å²) >= 11 is 0. The highest BCUT2D eigenvalue weighted by Gasteiger charge is 2.15. The molecule has 1 aliphatic heterocycles. The van der Waals surface area contributed by atoms with Crippen molar-refractivity contribution in [3.8, 4) is 11.4 Å². The van der Waals surface area contributed by atoms with E-state index in [1.807, 2.05) is 36.7 Å². The molecule has 5 rings (SSSR count). The van der Waals surface area contributed by atoms with E-state index in [4.69, 9.17) is 4.98 Å². The van der Waals surface area contributed by atoms with Crippen molar-refractivity contribution < 1.29 is 4.39 Å². The average Bonchev–Trinajstić information content (AvgIpc) is 3.20. The highest BCUT2D eigenvalue weighted by molar-refractivity contribution is 5.85. The van der Waals surface area contributed by atoms with E-state index in [9.17, 15) is 4.39 Å². The zero-order valence-corrected chi connectivity index (χ0v) is 18.3. The van der Waals surface area contributed by atoms with Crippen LogP contribution in [0.25, 0.3) is 22.6 Å². The maximum Gasteiger partial charge on any atom is 0.183 e. The second-order valence-electron chi connectivity index (χ2n) is 8.16. The van der Waals surface area contributed by atoms with Gasteiger partial charge in [-0.05, 0) is 42.8 Å². The van der Waals surface area contributed by atoms with Gasteiger partial charge in [0.25, 0.3) is 0 Å². The number of aromatic nitrogens is 4. The molecular weight excluding hydrogens is 405 g/mol. The maximum atomic E-state index is 14.3. The molecule has 2 N–H and O–H groups in total. The van der Waals surface area contributed by atoms with Gasteiger partial charge in [-0.1, -0.05) is 12.1 Å². The van der Waals surface area contributed by atoms with Crippen molar-refractivity contribution in [2.24, 2.45) is 7.05 Å². The third-order valence-corrected chi connectivity index (χ3v) is 5.83. The van der Waals surface area contributed by atoms with E-state index in [2.05, 4.69) is 37.6 Å². The Hall–Kier alpha value is -3.52. The normalized spacial score (nSPS) is 14.2. The Morgan fingerprint density at radius 1 is 1.06 bits per heavy atom. The topological polar surface area (TPSA) is 70.9 Å². The lowest BCUT2D eigenvalue weighted by Gasteiger charge is -2.29. The van der Waals surface area contributed by atoms with Crippen LogP contribution in [0.1, 0.15) is 11.1 Å². The van der Waals surface area contributed by atoms with Gasteiger partial charge in [0, 0.05) is 56.6 Å². The third-order valence-electron chi connectivity index (χ3n) is 5.83. The van der Waals surface area contributed by atoms with Crippen LogP contribution in [-0.2, 0) is 13.6 Å². The molecule has 0 aliphatic carbocycles. The number of hydrogen-bond donors (Lipinski definition) is 2. The van der Waals surface area contributed by atoms with Crippen molar-refractivity contribution in [1.29, 1.82) is 0 Å². The maximum absolute atomic E-state index is 14.3. The summed E-state index contributed by atoms with van der Waals surface area (Å²) in [5.74, 6) is 1.00. The highest BCUT2D eigenvalue weighted by Crippen LogP contribution is 2.26. The molecule has 2 aromatic carbocycles. The van der Waals surface area contributed by atoms with E-state index in [1.165, 1.54) is 5.69 Å². The van der Waals surface area contributed by atoms with Crippen LogP contribution in [0, 0.1) is 12.7 Å². The molecule has 0 spiro atoms. The number of rotatable bonds is 5. The van der Waals surface area contributed by atoms with Crippen molar-refractivity contribution in [3.63, 3.8) is 0 Å². The van der Waals surface area contributed by atoms with Gasteiger partial charge in [0.1, 0.15) is 11.3 Å². The molecule has 1 fully saturated rings. The number of anilines is 2. The molecule has 7 nitrogen and oxygen atoms in total. The molecule has 3 heterocycles. The zero-order valence-electron chi connectivity index (χ0n) is 18.3. The van der Waals surface area contributed by atoms with Crippen molar-refractivity contribution in [2.75, 3.05) is 36.4 Å². The van der Waals surface area contributed by atoms with Gasteiger partial charge in [-0.2, -0.15) is 0 Å². The van der Waals surface area contributed by atoms with E-state index in [0.29, 0.717) is 29.4 Å². The first-order valence-corrected chi connectivity index (χ1v) is 10.8. The first-order valence-electron chi connectivity index (χ1n) is 10.8. The van der Waals surface area contributed by atoms with E-state index in [1.54, 1.807) is 18.5 Å². The molecular formula is C24H26FN7. The van der Waals surface area contributed by atoms with E-state index < -0.39 is 0 Å². The second kappa shape index (κ2) is 8.55. The molecule has 164 valence electrons. The minimum atomic E-state index is -0.225. The zero-order chi connectivity index (χ0) is 22.1. The number of benzene rings is 2. The van der Waals surface area contributed by atoms with Crippen LogP contribution in [0.5, 0.6) is 0 Å². The largest absolute Gasteiger partial charge is 0.369 e. The molecule has 1 saturated heterocycles. The summed E-state index contributed by atoms with van der Waals surface area (Å²) < 4.78 is 16.2. The van der Waals surface area contributed by atoms with Crippen molar-refractivity contribution in [2.45, 2.75) is 13.5 Å². The average molecular weight is 432 g/mol. The van der Waals surface area contributed by atoms with E-state index >= 15 is 0 Å². The van der Waals surface area contributed by atoms with Gasteiger partial charge < -0.3 is 20.1 Å². The number of aryl methyl sites for hydroxylation is 2. The van der Waals surface area contributed by atoms with Gasteiger partial charge in [-0.3, -0.25) is 0 Å². The second-order valence-corrected chi connectivity index (χ2v) is 8.16. The van der Waals surface area contributed by atoms with Crippen LogP contribution in [0.15, 0.2) is 48.8 Å². The summed E-state index contributed by atoms with van der Waals surface area (Å²) in [6, 6.07) is 13.6. The van der Waals surface area contributed by atoms with Gasteiger partial charge >= 0.3 is 0 Å². The van der Waals surface area contributed by atoms with Crippen LogP contribution in [0.3, 0.4) is 0 Å². The standard InChI is InChI=1S/C24H26FN7/c1-16-3-4-18(20(25)13-16)14-27-23-21-24(28-15-31(21)2)30-22(29-23)17-5-7-19(8-6-17)32-11-9-26-10-12-32/h3-8,13,15,26H,9-12,14H2,1-2H3,(H,27,29,30). The van der Waals surface area contributed by atoms with Crippen molar-refractivity contribution in [3.05, 3.63) is 65.7 Å². The molecule has 4 aromatic rings. The molecule has 1 aliphatic rings. The summed E-state index contributed by atoms with van der Waals surface area (Å²) in [6.07, 6.45) is 1.72. The number of imidazole rings is 1. The fourth-order valence-electron chi connectivity index (χ4n) is 4.03. The molecule has 32 heavy (non-hydrogen) atoms. The molecule has 0 atom stereocenters. The summed E-state index contributed by atoms with van der Waals surface area (Å²) in [5, 5.41) is 6.67. The lowest BCUT2D eigenvalue weighted by molar-refractivity contribution is 0.589. The predicted molar refractivity (Wildman–Crippen MR) is 125 cm³/mol. The first kappa shape index (κ1) is 20.4. The summed E-state index contributed by atoms with van der Waals surface area (Å²) in [4.78, 5) is 16.2. The molecule has 0 saturated carbocycles. The monoisotopic (exact) mass is 431 g/mol. The Morgan fingerprint density at radius 3 is 2.59 bits per heavy atom. The van der Waals surface area contributed by atoms with Gasteiger partial charge in [0.05, 0.1) is 6.33 Å². The fourth-order valence-corrected chi connectivity index (χ4v) is 4.03. The number of nitrogens with one attached hydrogen (secondary N) is 2. The molecule has 0 bridgehead atoms.